The number of amidine groups is 1. The van der Waals surface area contributed by atoms with Gasteiger partial charge in [0.2, 0.25) is 0 Å². The van der Waals surface area contributed by atoms with E-state index in [9.17, 15) is 14.4 Å². The minimum absolute atomic E-state index is 0.0209. The number of anilines is 1. The fraction of sp³-hybridized carbons (Fsp3) is 0.222. The van der Waals surface area contributed by atoms with Crippen molar-refractivity contribution in [1.82, 2.24) is 4.90 Å². The van der Waals surface area contributed by atoms with E-state index >= 15 is 0 Å². The summed E-state index contributed by atoms with van der Waals surface area (Å²) in [6.07, 6.45) is 6.96. The maximum absolute atomic E-state index is 12.9. The van der Waals surface area contributed by atoms with Crippen LogP contribution in [-0.2, 0) is 9.59 Å². The van der Waals surface area contributed by atoms with Gasteiger partial charge in [-0.25, -0.2) is 0 Å². The molecule has 3 rings (SSSR count). The molecule has 0 saturated carbocycles. The molecule has 6 heteroatoms. The minimum atomic E-state index is -1.08. The highest BCUT2D eigenvalue weighted by Gasteiger charge is 2.45. The lowest BCUT2D eigenvalue weighted by atomic mass is 9.91. The van der Waals surface area contributed by atoms with E-state index in [1.165, 1.54) is 6.92 Å². The Morgan fingerprint density at radius 3 is 2.83 bits per heavy atom. The molecule has 0 spiro atoms. The molecule has 1 aromatic carbocycles. The van der Waals surface area contributed by atoms with E-state index in [1.54, 1.807) is 60.5 Å². The molecule has 1 N–H and O–H groups in total. The Morgan fingerprint density at radius 2 is 2.08 bits per heavy atom. The maximum atomic E-state index is 12.9. The Morgan fingerprint density at radius 1 is 1.29 bits per heavy atom. The summed E-state index contributed by atoms with van der Waals surface area (Å²) in [6, 6.07) is 6.72. The number of hydrogen-bond acceptors (Lipinski definition) is 4. The zero-order valence-electron chi connectivity index (χ0n) is 13.4. The van der Waals surface area contributed by atoms with Gasteiger partial charge >= 0.3 is 0 Å². The minimum Gasteiger partial charge on any atom is -0.324 e. The van der Waals surface area contributed by atoms with E-state index in [0.29, 0.717) is 17.1 Å². The van der Waals surface area contributed by atoms with Crippen LogP contribution in [0.1, 0.15) is 30.6 Å². The van der Waals surface area contributed by atoms with Crippen molar-refractivity contribution >= 4 is 29.1 Å². The molecule has 122 valence electrons. The first-order valence-electron chi connectivity index (χ1n) is 7.58. The van der Waals surface area contributed by atoms with Gasteiger partial charge in [-0.05, 0) is 38.1 Å². The van der Waals surface area contributed by atoms with Crippen molar-refractivity contribution in [2.24, 2.45) is 4.99 Å². The molecular formula is C18H17N3O3. The molecule has 2 heterocycles. The van der Waals surface area contributed by atoms with Gasteiger partial charge in [0, 0.05) is 17.5 Å². The summed E-state index contributed by atoms with van der Waals surface area (Å²) in [6.45, 7) is 3.17. The van der Waals surface area contributed by atoms with E-state index < -0.39 is 5.54 Å². The third-order valence-electron chi connectivity index (χ3n) is 4.12. The number of hydrogen-bond donors (Lipinski definition) is 1. The van der Waals surface area contributed by atoms with Crippen LogP contribution in [0.3, 0.4) is 0 Å². The maximum Gasteiger partial charge on any atom is 0.250 e. The van der Waals surface area contributed by atoms with Gasteiger partial charge in [0.25, 0.3) is 11.8 Å². The Hall–Kier alpha value is -3.02. The number of ketones is 1. The summed E-state index contributed by atoms with van der Waals surface area (Å²) < 4.78 is 0. The Kier molecular flexibility index (Phi) is 3.89. The number of carbonyl (C=O) groups is 3. The van der Waals surface area contributed by atoms with E-state index in [0.717, 1.165) is 0 Å². The van der Waals surface area contributed by atoms with Crippen LogP contribution in [0.5, 0.6) is 0 Å². The zero-order chi connectivity index (χ0) is 17.3. The summed E-state index contributed by atoms with van der Waals surface area (Å²) >= 11 is 0. The lowest BCUT2D eigenvalue weighted by Crippen LogP contribution is -2.58. The van der Waals surface area contributed by atoms with Gasteiger partial charge in [0.15, 0.2) is 5.78 Å². The lowest BCUT2D eigenvalue weighted by molar-refractivity contribution is -0.130. The zero-order valence-corrected chi connectivity index (χ0v) is 13.4. The van der Waals surface area contributed by atoms with Crippen molar-refractivity contribution in [3.63, 3.8) is 0 Å². The first-order chi connectivity index (χ1) is 11.4. The van der Waals surface area contributed by atoms with E-state index in [2.05, 4.69) is 10.3 Å². The molecule has 6 nitrogen and oxygen atoms in total. The van der Waals surface area contributed by atoms with Crippen LogP contribution in [0.15, 0.2) is 53.7 Å². The number of aliphatic imine (C=N–C) groups is 1. The van der Waals surface area contributed by atoms with E-state index in [4.69, 9.17) is 0 Å². The number of amides is 2. The molecule has 0 saturated heterocycles. The normalized spacial score (nSPS) is 22.0. The predicted octanol–water partition coefficient (Wildman–Crippen LogP) is 2.30. The third kappa shape index (κ3) is 2.78. The first kappa shape index (κ1) is 15.9. The van der Waals surface area contributed by atoms with Crippen molar-refractivity contribution in [1.29, 1.82) is 0 Å². The van der Waals surface area contributed by atoms with Crippen molar-refractivity contribution in [2.75, 3.05) is 5.32 Å². The Balaban J connectivity index is 1.89. The smallest absolute Gasteiger partial charge is 0.250 e. The number of nitrogens with zero attached hydrogens (tertiary/aromatic N) is 2. The Bertz CT molecular complexity index is 823. The van der Waals surface area contributed by atoms with Crippen LogP contribution in [-0.4, -0.2) is 33.9 Å². The van der Waals surface area contributed by atoms with Crippen molar-refractivity contribution in [3.8, 4) is 0 Å². The van der Waals surface area contributed by atoms with Crippen molar-refractivity contribution in [3.05, 3.63) is 54.3 Å². The highest BCUT2D eigenvalue weighted by Crippen LogP contribution is 2.29. The molecule has 2 aliphatic heterocycles. The SMILES string of the molecule is CC(=O)c1cccc(NC(=O)C2(C)CC(=O)N=C3C=CC=CN32)c1. The molecule has 2 amide bonds. The number of nitrogens with one attached hydrogen (secondary N) is 1. The Labute approximate surface area is 139 Å². The van der Waals surface area contributed by atoms with Crippen molar-refractivity contribution in [2.45, 2.75) is 25.8 Å². The monoisotopic (exact) mass is 323 g/mol. The van der Waals surface area contributed by atoms with E-state index in [-0.39, 0.29) is 24.0 Å². The molecule has 2 aliphatic rings. The van der Waals surface area contributed by atoms with Crippen molar-refractivity contribution < 1.29 is 14.4 Å². The molecule has 0 radical (unpaired) electrons. The van der Waals surface area contributed by atoms with Gasteiger partial charge in [-0.1, -0.05) is 18.2 Å². The lowest BCUT2D eigenvalue weighted by Gasteiger charge is -2.41. The number of fused-ring (bicyclic) bond motifs is 1. The molecule has 0 aromatic heterocycles. The highest BCUT2D eigenvalue weighted by molar-refractivity contribution is 6.12. The number of carbonyl (C=O) groups excluding carboxylic acids is 3. The number of allylic oxidation sites excluding steroid dienone is 2. The summed E-state index contributed by atoms with van der Waals surface area (Å²) in [4.78, 5) is 41.9. The molecular weight excluding hydrogens is 306 g/mol. The van der Waals surface area contributed by atoms with Gasteiger partial charge in [0.1, 0.15) is 11.4 Å². The fourth-order valence-corrected chi connectivity index (χ4v) is 2.76. The van der Waals surface area contributed by atoms with Crippen LogP contribution in [0, 0.1) is 0 Å². The highest BCUT2D eigenvalue weighted by atomic mass is 16.2. The van der Waals surface area contributed by atoms with Gasteiger partial charge in [-0.15, -0.1) is 0 Å². The standard InChI is InChI=1S/C18H17N3O3/c1-12(22)13-6-5-7-14(10-13)19-17(24)18(2)11-16(23)20-15-8-3-4-9-21(15)18/h3-10H,11H2,1-2H3,(H,19,24). The second kappa shape index (κ2) is 5.88. The molecule has 0 bridgehead atoms. The molecule has 1 aromatic rings. The topological polar surface area (TPSA) is 78.8 Å². The second-order valence-electron chi connectivity index (χ2n) is 5.98. The number of benzene rings is 1. The average molecular weight is 323 g/mol. The number of Topliss-reactive ketones (excluding diaryl/α,β-unsaturated/α-hetero) is 1. The van der Waals surface area contributed by atoms with Crippen LogP contribution >= 0.6 is 0 Å². The quantitative estimate of drug-likeness (QED) is 0.866. The summed E-state index contributed by atoms with van der Waals surface area (Å²) in [5, 5.41) is 2.80. The van der Waals surface area contributed by atoms with Gasteiger partial charge < -0.3 is 10.2 Å². The first-order valence-corrected chi connectivity index (χ1v) is 7.58. The second-order valence-corrected chi connectivity index (χ2v) is 5.98. The van der Waals surface area contributed by atoms with Crippen LogP contribution in [0.2, 0.25) is 0 Å². The molecule has 0 aliphatic carbocycles. The summed E-state index contributed by atoms with van der Waals surface area (Å²) in [7, 11) is 0. The van der Waals surface area contributed by atoms with Crippen LogP contribution in [0.25, 0.3) is 0 Å². The fourth-order valence-electron chi connectivity index (χ4n) is 2.76. The predicted molar refractivity (Wildman–Crippen MR) is 90.7 cm³/mol. The van der Waals surface area contributed by atoms with Crippen LogP contribution in [0.4, 0.5) is 5.69 Å². The largest absolute Gasteiger partial charge is 0.324 e. The molecule has 0 fully saturated rings. The summed E-state index contributed by atoms with van der Waals surface area (Å²) in [5.41, 5.74) is -0.0514. The molecule has 24 heavy (non-hydrogen) atoms. The summed E-state index contributed by atoms with van der Waals surface area (Å²) in [5.74, 6) is -0.298. The van der Waals surface area contributed by atoms with Gasteiger partial charge in [0.05, 0.1) is 6.42 Å². The molecule has 1 unspecified atom stereocenters. The number of rotatable bonds is 3. The van der Waals surface area contributed by atoms with Crippen LogP contribution < -0.4 is 5.32 Å². The van der Waals surface area contributed by atoms with Gasteiger partial charge in [-0.2, -0.15) is 4.99 Å². The van der Waals surface area contributed by atoms with Gasteiger partial charge in [-0.3, -0.25) is 14.4 Å². The average Bonchev–Trinajstić information content (AvgIpc) is 2.55. The third-order valence-corrected chi connectivity index (χ3v) is 4.12. The molecule has 1 atom stereocenters. The van der Waals surface area contributed by atoms with E-state index in [1.807, 2.05) is 0 Å².